The lowest BCUT2D eigenvalue weighted by Gasteiger charge is -2.33. The lowest BCUT2D eigenvalue weighted by atomic mass is 9.99. The van der Waals surface area contributed by atoms with Crippen molar-refractivity contribution in [1.82, 2.24) is 4.90 Å². The monoisotopic (exact) mass is 365 g/mol. The number of benzene rings is 1. The first kappa shape index (κ1) is 14.8. The van der Waals surface area contributed by atoms with Crippen molar-refractivity contribution in [2.75, 3.05) is 6.54 Å². The molecule has 3 rings (SSSR count). The van der Waals surface area contributed by atoms with E-state index in [1.54, 1.807) is 11.3 Å². The molecule has 2 heterocycles. The minimum atomic E-state index is -0.763. The molecule has 1 N–H and O–H groups in total. The fourth-order valence-electron chi connectivity index (χ4n) is 2.80. The Morgan fingerprint density at radius 3 is 3.00 bits per heavy atom. The van der Waals surface area contributed by atoms with Crippen LogP contribution in [0, 0.1) is 6.92 Å². The molecule has 2 aromatic rings. The van der Waals surface area contributed by atoms with Crippen molar-refractivity contribution >= 4 is 33.2 Å². The predicted molar refractivity (Wildman–Crippen MR) is 87.7 cm³/mol. The predicted octanol–water partition coefficient (Wildman–Crippen LogP) is 4.00. The van der Waals surface area contributed by atoms with Crippen LogP contribution in [-0.4, -0.2) is 22.5 Å². The summed E-state index contributed by atoms with van der Waals surface area (Å²) in [5, 5.41) is 11.6. The Balaban J connectivity index is 1.88. The molecule has 0 aliphatic carbocycles. The molecule has 1 aliphatic rings. The van der Waals surface area contributed by atoms with Gasteiger partial charge in [-0.1, -0.05) is 28.1 Å². The first-order chi connectivity index (χ1) is 10.1. The zero-order valence-corrected chi connectivity index (χ0v) is 14.1. The minimum Gasteiger partial charge on any atom is -0.480 e. The molecule has 0 saturated heterocycles. The van der Waals surface area contributed by atoms with Gasteiger partial charge in [0, 0.05) is 22.4 Å². The van der Waals surface area contributed by atoms with Gasteiger partial charge >= 0.3 is 5.97 Å². The second-order valence-corrected chi connectivity index (χ2v) is 7.20. The van der Waals surface area contributed by atoms with Crippen LogP contribution in [0.4, 0.5) is 0 Å². The normalized spacial score (nSPS) is 18.5. The average Bonchev–Trinajstić information content (AvgIpc) is 2.90. The van der Waals surface area contributed by atoms with E-state index < -0.39 is 12.0 Å². The molecule has 21 heavy (non-hydrogen) atoms. The fourth-order valence-corrected chi connectivity index (χ4v) is 4.13. The van der Waals surface area contributed by atoms with Gasteiger partial charge in [0.15, 0.2) is 0 Å². The second kappa shape index (κ2) is 5.91. The summed E-state index contributed by atoms with van der Waals surface area (Å²) in [5.41, 5.74) is 3.29. The minimum absolute atomic E-state index is 0.528. The standard InChI is InChI=1S/C16H16BrNO2S/c1-10-2-3-11(8-13(10)17)9-18-6-4-14-12(5-7-21-14)15(18)16(19)20/h2-3,5,7-8,15H,4,6,9H2,1H3,(H,19,20). The summed E-state index contributed by atoms with van der Waals surface area (Å²) >= 11 is 5.20. The van der Waals surface area contributed by atoms with E-state index in [1.165, 1.54) is 10.4 Å². The molecule has 0 radical (unpaired) electrons. The van der Waals surface area contributed by atoms with Crippen LogP contribution in [0.2, 0.25) is 0 Å². The summed E-state index contributed by atoms with van der Waals surface area (Å²) in [4.78, 5) is 15.0. The van der Waals surface area contributed by atoms with Crippen LogP contribution in [0.25, 0.3) is 0 Å². The molecule has 0 bridgehead atoms. The van der Waals surface area contributed by atoms with Crippen LogP contribution < -0.4 is 0 Å². The molecule has 1 aromatic carbocycles. The number of hydrogen-bond donors (Lipinski definition) is 1. The van der Waals surface area contributed by atoms with Gasteiger partial charge in [0.1, 0.15) is 6.04 Å². The number of thiophene rings is 1. The summed E-state index contributed by atoms with van der Waals surface area (Å²) in [6.07, 6.45) is 0.934. The van der Waals surface area contributed by atoms with E-state index >= 15 is 0 Å². The molecule has 1 unspecified atom stereocenters. The molecule has 110 valence electrons. The van der Waals surface area contributed by atoms with Crippen molar-refractivity contribution in [3.8, 4) is 0 Å². The van der Waals surface area contributed by atoms with Crippen LogP contribution in [0.5, 0.6) is 0 Å². The van der Waals surface area contributed by atoms with Crippen LogP contribution in [0.15, 0.2) is 34.1 Å². The van der Waals surface area contributed by atoms with Crippen LogP contribution in [0.3, 0.4) is 0 Å². The smallest absolute Gasteiger partial charge is 0.325 e. The van der Waals surface area contributed by atoms with Gasteiger partial charge in [0.25, 0.3) is 0 Å². The van der Waals surface area contributed by atoms with E-state index in [2.05, 4.69) is 39.0 Å². The Kier molecular flexibility index (Phi) is 4.15. The molecule has 0 fully saturated rings. The number of carboxylic acids is 1. The number of aryl methyl sites for hydroxylation is 1. The van der Waals surface area contributed by atoms with Crippen molar-refractivity contribution in [3.63, 3.8) is 0 Å². The number of rotatable bonds is 3. The topological polar surface area (TPSA) is 40.5 Å². The van der Waals surface area contributed by atoms with Crippen molar-refractivity contribution in [1.29, 1.82) is 0 Å². The lowest BCUT2D eigenvalue weighted by molar-refractivity contribution is -0.144. The third-order valence-electron chi connectivity index (χ3n) is 3.92. The largest absolute Gasteiger partial charge is 0.480 e. The van der Waals surface area contributed by atoms with E-state index in [-0.39, 0.29) is 0 Å². The number of carboxylic acid groups (broad SMARTS) is 1. The van der Waals surface area contributed by atoms with E-state index in [1.807, 2.05) is 18.4 Å². The summed E-state index contributed by atoms with van der Waals surface area (Å²) < 4.78 is 1.07. The maximum Gasteiger partial charge on any atom is 0.325 e. The van der Waals surface area contributed by atoms with Crippen LogP contribution in [-0.2, 0) is 17.8 Å². The number of nitrogens with zero attached hydrogens (tertiary/aromatic N) is 1. The third-order valence-corrected chi connectivity index (χ3v) is 5.77. The molecule has 0 spiro atoms. The Hall–Kier alpha value is -1.17. The Morgan fingerprint density at radius 1 is 1.48 bits per heavy atom. The van der Waals surface area contributed by atoms with Gasteiger partial charge in [-0.2, -0.15) is 0 Å². The lowest BCUT2D eigenvalue weighted by Crippen LogP contribution is -2.38. The molecular weight excluding hydrogens is 350 g/mol. The van der Waals surface area contributed by atoms with Crippen molar-refractivity contribution in [3.05, 3.63) is 55.7 Å². The first-order valence-electron chi connectivity index (χ1n) is 6.84. The van der Waals surface area contributed by atoms with Gasteiger partial charge in [0.2, 0.25) is 0 Å². The summed E-state index contributed by atoms with van der Waals surface area (Å²) in [6, 6.07) is 7.64. The maximum absolute atomic E-state index is 11.7. The highest BCUT2D eigenvalue weighted by atomic mass is 79.9. The summed E-state index contributed by atoms with van der Waals surface area (Å²) in [7, 11) is 0. The molecule has 0 saturated carbocycles. The van der Waals surface area contributed by atoms with Gasteiger partial charge in [0.05, 0.1) is 0 Å². The fraction of sp³-hybridized carbons (Fsp3) is 0.312. The van der Waals surface area contributed by atoms with Crippen molar-refractivity contribution in [2.24, 2.45) is 0 Å². The number of halogens is 1. The summed E-state index contributed by atoms with van der Waals surface area (Å²) in [5.74, 6) is -0.763. The van der Waals surface area contributed by atoms with E-state index in [4.69, 9.17) is 0 Å². The van der Waals surface area contributed by atoms with E-state index in [0.29, 0.717) is 6.54 Å². The summed E-state index contributed by atoms with van der Waals surface area (Å²) in [6.45, 7) is 3.49. The van der Waals surface area contributed by atoms with E-state index in [0.717, 1.165) is 28.6 Å². The van der Waals surface area contributed by atoms with Gasteiger partial charge in [-0.3, -0.25) is 9.69 Å². The van der Waals surface area contributed by atoms with Gasteiger partial charge in [-0.15, -0.1) is 11.3 Å². The van der Waals surface area contributed by atoms with Gasteiger partial charge in [-0.05, 0) is 47.5 Å². The average molecular weight is 366 g/mol. The third kappa shape index (κ3) is 2.91. The van der Waals surface area contributed by atoms with Crippen LogP contribution >= 0.6 is 27.3 Å². The quantitative estimate of drug-likeness (QED) is 0.893. The molecular formula is C16H16BrNO2S. The van der Waals surface area contributed by atoms with Gasteiger partial charge < -0.3 is 5.11 Å². The molecule has 1 atom stereocenters. The molecule has 1 aliphatic heterocycles. The number of fused-ring (bicyclic) bond motifs is 1. The van der Waals surface area contributed by atoms with Crippen molar-refractivity contribution in [2.45, 2.75) is 25.9 Å². The number of carbonyl (C=O) groups is 1. The zero-order chi connectivity index (χ0) is 15.0. The number of aliphatic carboxylic acids is 1. The Labute approximate surface area is 136 Å². The van der Waals surface area contributed by atoms with E-state index in [9.17, 15) is 9.90 Å². The molecule has 1 aromatic heterocycles. The van der Waals surface area contributed by atoms with Crippen LogP contribution in [0.1, 0.15) is 27.6 Å². The highest BCUT2D eigenvalue weighted by Gasteiger charge is 2.33. The second-order valence-electron chi connectivity index (χ2n) is 5.34. The molecule has 3 nitrogen and oxygen atoms in total. The maximum atomic E-state index is 11.7. The highest BCUT2D eigenvalue weighted by Crippen LogP contribution is 2.34. The zero-order valence-electron chi connectivity index (χ0n) is 11.7. The van der Waals surface area contributed by atoms with Crippen molar-refractivity contribution < 1.29 is 9.90 Å². The Bertz CT molecular complexity index is 683. The number of hydrogen-bond acceptors (Lipinski definition) is 3. The highest BCUT2D eigenvalue weighted by molar-refractivity contribution is 9.10. The SMILES string of the molecule is Cc1ccc(CN2CCc3sccc3C2C(=O)O)cc1Br. The Morgan fingerprint density at radius 2 is 2.29 bits per heavy atom. The molecule has 5 heteroatoms. The first-order valence-corrected chi connectivity index (χ1v) is 8.51. The molecule has 0 amide bonds. The van der Waals surface area contributed by atoms with Gasteiger partial charge in [-0.25, -0.2) is 0 Å².